The summed E-state index contributed by atoms with van der Waals surface area (Å²) in [5.41, 5.74) is 13.3. The first-order valence-corrected chi connectivity index (χ1v) is 24.6. The molecule has 0 atom stereocenters. The van der Waals surface area contributed by atoms with Gasteiger partial charge in [0.2, 0.25) is 0 Å². The molecule has 2 heteroatoms. The standard InChI is InChI=1S/C70H48N2/c1-3-47-35-37-55(43-48(47)4-2)71(67-33-17-27-51-21-11-14-30-60(51)67)58-39-41-63-66(46-58)70(62-32-16-26-50-20-10-13-29-59(50)62)64-42-40-57(45-65(64)69(63)53-23-6-5-7-24-53)72(56-38-36-49-19-8-9-25-54(49)44-56)68-34-18-28-52-22-12-15-31-61(52)68/h3-46H,1-2H2. The van der Waals surface area contributed by atoms with Crippen LogP contribution >= 0.6 is 0 Å². The fourth-order valence-electron chi connectivity index (χ4n) is 11.2. The average molecular weight is 917 g/mol. The lowest BCUT2D eigenvalue weighted by Crippen LogP contribution is -2.11. The van der Waals surface area contributed by atoms with Crippen LogP contribution < -0.4 is 9.80 Å². The van der Waals surface area contributed by atoms with Crippen LogP contribution in [0.3, 0.4) is 0 Å². The van der Waals surface area contributed by atoms with E-state index in [9.17, 15) is 0 Å². The second-order valence-electron chi connectivity index (χ2n) is 18.5. The maximum atomic E-state index is 4.22. The zero-order valence-corrected chi connectivity index (χ0v) is 39.7. The topological polar surface area (TPSA) is 6.48 Å². The molecule has 2 nitrogen and oxygen atoms in total. The SMILES string of the molecule is C=Cc1ccc(N(c2ccc3c(-c4ccccc4)c4cc(N(c5ccc6ccccc6c5)c5cccc6ccccc56)ccc4c(-c4cccc5ccccc45)c3c2)c2cccc3ccccc23)cc1C=C. The lowest BCUT2D eigenvalue weighted by Gasteiger charge is -2.29. The molecule has 0 spiro atoms. The van der Waals surface area contributed by atoms with Crippen molar-refractivity contribution in [3.63, 3.8) is 0 Å². The molecule has 13 aromatic rings. The molecule has 0 N–H and O–H groups in total. The minimum absolute atomic E-state index is 1.03. The van der Waals surface area contributed by atoms with E-state index in [2.05, 4.69) is 278 Å². The van der Waals surface area contributed by atoms with E-state index in [4.69, 9.17) is 0 Å². The lowest BCUT2D eigenvalue weighted by atomic mass is 9.84. The zero-order chi connectivity index (χ0) is 48.1. The fraction of sp³-hybridized carbons (Fsp3) is 0. The first-order chi connectivity index (χ1) is 35.6. The van der Waals surface area contributed by atoms with Gasteiger partial charge in [0.25, 0.3) is 0 Å². The predicted molar refractivity (Wildman–Crippen MR) is 312 cm³/mol. The summed E-state index contributed by atoms with van der Waals surface area (Å²) in [4.78, 5) is 4.86. The summed E-state index contributed by atoms with van der Waals surface area (Å²) in [6.45, 7) is 8.35. The maximum Gasteiger partial charge on any atom is 0.0540 e. The zero-order valence-electron chi connectivity index (χ0n) is 39.7. The molecule has 13 rings (SSSR count). The van der Waals surface area contributed by atoms with E-state index >= 15 is 0 Å². The van der Waals surface area contributed by atoms with E-state index in [0.717, 1.165) is 50.8 Å². The highest BCUT2D eigenvalue weighted by atomic mass is 15.1. The highest BCUT2D eigenvalue weighted by molar-refractivity contribution is 6.25. The number of hydrogen-bond acceptors (Lipinski definition) is 2. The van der Waals surface area contributed by atoms with E-state index in [1.807, 2.05) is 12.2 Å². The first kappa shape index (κ1) is 42.6. The summed E-state index contributed by atoms with van der Waals surface area (Å²) < 4.78 is 0. The van der Waals surface area contributed by atoms with Crippen molar-refractivity contribution < 1.29 is 0 Å². The van der Waals surface area contributed by atoms with Gasteiger partial charge in [-0.1, -0.05) is 219 Å². The second-order valence-corrected chi connectivity index (χ2v) is 18.5. The van der Waals surface area contributed by atoms with Gasteiger partial charge in [-0.05, 0) is 148 Å². The molecule has 0 heterocycles. The Bertz CT molecular complexity index is 4260. The van der Waals surface area contributed by atoms with Gasteiger partial charge < -0.3 is 9.80 Å². The third kappa shape index (κ3) is 7.20. The number of hydrogen-bond donors (Lipinski definition) is 0. The molecule has 72 heavy (non-hydrogen) atoms. The largest absolute Gasteiger partial charge is 0.310 e. The van der Waals surface area contributed by atoms with Crippen molar-refractivity contribution >= 4 is 111 Å². The van der Waals surface area contributed by atoms with Gasteiger partial charge in [0.05, 0.1) is 11.4 Å². The van der Waals surface area contributed by atoms with E-state index in [-0.39, 0.29) is 0 Å². The Morgan fingerprint density at radius 2 is 0.708 bits per heavy atom. The molecule has 0 saturated heterocycles. The van der Waals surface area contributed by atoms with Crippen LogP contribution in [0.25, 0.3) is 99.0 Å². The predicted octanol–water partition coefficient (Wildman–Crippen LogP) is 20.2. The van der Waals surface area contributed by atoms with Crippen molar-refractivity contribution in [2.45, 2.75) is 0 Å². The molecule has 338 valence electrons. The normalized spacial score (nSPS) is 11.4. The second kappa shape index (κ2) is 17.8. The van der Waals surface area contributed by atoms with Gasteiger partial charge in [-0.15, -0.1) is 0 Å². The van der Waals surface area contributed by atoms with Gasteiger partial charge in [0, 0.05) is 33.5 Å². The van der Waals surface area contributed by atoms with Crippen molar-refractivity contribution in [1.29, 1.82) is 0 Å². The molecule has 0 bridgehead atoms. The van der Waals surface area contributed by atoms with Crippen molar-refractivity contribution in [2.24, 2.45) is 0 Å². The number of rotatable bonds is 10. The monoisotopic (exact) mass is 916 g/mol. The Morgan fingerprint density at radius 3 is 1.33 bits per heavy atom. The summed E-state index contributed by atoms with van der Waals surface area (Å²) in [7, 11) is 0. The number of nitrogens with zero attached hydrogens (tertiary/aromatic N) is 2. The smallest absolute Gasteiger partial charge is 0.0540 e. The van der Waals surface area contributed by atoms with Gasteiger partial charge in [-0.25, -0.2) is 0 Å². The molecule has 0 saturated carbocycles. The number of anilines is 6. The summed E-state index contributed by atoms with van der Waals surface area (Å²) in [5, 5.41) is 14.2. The van der Waals surface area contributed by atoms with Gasteiger partial charge in [-0.2, -0.15) is 0 Å². The molecule has 0 radical (unpaired) electrons. The van der Waals surface area contributed by atoms with E-state index in [1.165, 1.54) is 81.3 Å². The highest BCUT2D eigenvalue weighted by Gasteiger charge is 2.24. The van der Waals surface area contributed by atoms with Crippen LogP contribution in [-0.4, -0.2) is 0 Å². The number of fused-ring (bicyclic) bond motifs is 6. The van der Waals surface area contributed by atoms with Crippen LogP contribution in [0.4, 0.5) is 34.1 Å². The van der Waals surface area contributed by atoms with Crippen molar-refractivity contribution in [1.82, 2.24) is 0 Å². The van der Waals surface area contributed by atoms with E-state index in [0.29, 0.717) is 0 Å². The molecule has 13 aromatic carbocycles. The van der Waals surface area contributed by atoms with Crippen molar-refractivity contribution in [3.05, 3.63) is 279 Å². The molecule has 0 aliphatic heterocycles. The Balaban J connectivity index is 1.15. The van der Waals surface area contributed by atoms with Crippen molar-refractivity contribution in [2.75, 3.05) is 9.80 Å². The average Bonchev–Trinajstić information content (AvgIpc) is 3.45. The van der Waals surface area contributed by atoms with Gasteiger partial charge >= 0.3 is 0 Å². The van der Waals surface area contributed by atoms with Crippen LogP contribution in [0.1, 0.15) is 11.1 Å². The third-order valence-electron chi connectivity index (χ3n) is 14.5. The minimum atomic E-state index is 1.03. The Kier molecular flexibility index (Phi) is 10.5. The third-order valence-corrected chi connectivity index (χ3v) is 14.5. The van der Waals surface area contributed by atoms with Crippen LogP contribution in [-0.2, 0) is 0 Å². The number of benzene rings is 13. The molecule has 0 fully saturated rings. The van der Waals surface area contributed by atoms with Gasteiger partial charge in [0.1, 0.15) is 0 Å². The molecule has 0 aliphatic carbocycles. The fourth-order valence-corrected chi connectivity index (χ4v) is 11.2. The van der Waals surface area contributed by atoms with E-state index < -0.39 is 0 Å². The van der Waals surface area contributed by atoms with Crippen LogP contribution in [0.5, 0.6) is 0 Å². The summed E-state index contributed by atoms with van der Waals surface area (Å²) in [6, 6.07) is 93.4. The van der Waals surface area contributed by atoms with E-state index in [1.54, 1.807) is 0 Å². The van der Waals surface area contributed by atoms with Crippen molar-refractivity contribution in [3.8, 4) is 22.3 Å². The highest BCUT2D eigenvalue weighted by Crippen LogP contribution is 2.50. The molecular weight excluding hydrogens is 869 g/mol. The molecule has 0 unspecified atom stereocenters. The Labute approximate surface area is 419 Å². The summed E-state index contributed by atoms with van der Waals surface area (Å²) in [5.74, 6) is 0. The summed E-state index contributed by atoms with van der Waals surface area (Å²) in [6.07, 6.45) is 3.83. The first-order valence-electron chi connectivity index (χ1n) is 24.6. The summed E-state index contributed by atoms with van der Waals surface area (Å²) >= 11 is 0. The lowest BCUT2D eigenvalue weighted by molar-refractivity contribution is 1.30. The Hall–Kier alpha value is -9.50. The van der Waals surface area contributed by atoms with Crippen LogP contribution in [0.15, 0.2) is 268 Å². The minimum Gasteiger partial charge on any atom is -0.310 e. The molecule has 0 aliphatic rings. The van der Waals surface area contributed by atoms with Crippen LogP contribution in [0.2, 0.25) is 0 Å². The quantitative estimate of drug-likeness (QED) is 0.126. The van der Waals surface area contributed by atoms with Crippen LogP contribution in [0, 0.1) is 0 Å². The molecular formula is C70H48N2. The van der Waals surface area contributed by atoms with Gasteiger partial charge in [-0.3, -0.25) is 0 Å². The Morgan fingerprint density at radius 1 is 0.264 bits per heavy atom. The molecule has 0 amide bonds. The van der Waals surface area contributed by atoms with Gasteiger partial charge in [0.15, 0.2) is 0 Å². The maximum absolute atomic E-state index is 4.22. The molecule has 0 aromatic heterocycles.